The van der Waals surface area contributed by atoms with Crippen molar-refractivity contribution < 1.29 is 0 Å². The standard InChI is InChI=1S/C12H14.C11H13N.C10H12N2.3C2H6/c1-9(2)11-7-3-5-10-6-4-8-12(10)11;1-8(2)10-5-3-4-9-6-12-7-11(9)10;1-7(2)8-4-3-5-10-9(8)6-11-12-10;3*1-2/h3-7,9H,8H2,1-2H3;3-6,8H,7H2,1-2H3;3-7H,1-2H3,(H,11,12);3*1-2H3. The van der Waals surface area contributed by atoms with E-state index in [2.05, 4.69) is 117 Å². The molecule has 0 amide bonds. The van der Waals surface area contributed by atoms with E-state index in [0.717, 1.165) is 18.5 Å². The second-order valence-corrected chi connectivity index (χ2v) is 10.5. The van der Waals surface area contributed by atoms with Gasteiger partial charge in [0, 0.05) is 11.6 Å². The molecule has 4 aromatic rings. The van der Waals surface area contributed by atoms with Crippen molar-refractivity contribution in [3.05, 3.63) is 106 Å². The van der Waals surface area contributed by atoms with Crippen molar-refractivity contribution in [2.24, 2.45) is 4.99 Å². The number of H-pyrrole nitrogens is 1. The molecule has 228 valence electrons. The van der Waals surface area contributed by atoms with Gasteiger partial charge in [0.05, 0.1) is 18.3 Å². The van der Waals surface area contributed by atoms with Gasteiger partial charge in [0.25, 0.3) is 0 Å². The number of benzene rings is 3. The van der Waals surface area contributed by atoms with Crippen molar-refractivity contribution in [2.45, 2.75) is 114 Å². The van der Waals surface area contributed by atoms with E-state index in [-0.39, 0.29) is 0 Å². The van der Waals surface area contributed by atoms with Crippen LogP contribution in [-0.4, -0.2) is 16.4 Å². The molecule has 1 N–H and O–H groups in total. The summed E-state index contributed by atoms with van der Waals surface area (Å²) in [6.07, 6.45) is 9.47. The molecule has 42 heavy (non-hydrogen) atoms. The normalized spacial score (nSPS) is 11.6. The molecule has 0 fully saturated rings. The minimum Gasteiger partial charge on any atom is -0.288 e. The van der Waals surface area contributed by atoms with Gasteiger partial charge in [-0.3, -0.25) is 10.1 Å². The maximum atomic E-state index is 4.27. The van der Waals surface area contributed by atoms with Gasteiger partial charge in [-0.2, -0.15) is 5.10 Å². The van der Waals surface area contributed by atoms with Gasteiger partial charge in [-0.15, -0.1) is 0 Å². The summed E-state index contributed by atoms with van der Waals surface area (Å²) in [5.74, 6) is 1.83. The summed E-state index contributed by atoms with van der Waals surface area (Å²) in [5.41, 5.74) is 11.1. The zero-order valence-corrected chi connectivity index (χ0v) is 28.5. The average molecular weight is 568 g/mol. The van der Waals surface area contributed by atoms with E-state index in [1.807, 2.05) is 60.0 Å². The second kappa shape index (κ2) is 19.6. The number of rotatable bonds is 3. The van der Waals surface area contributed by atoms with Crippen molar-refractivity contribution in [3.63, 3.8) is 0 Å². The first-order chi connectivity index (χ1) is 20.4. The Kier molecular flexibility index (Phi) is 17.1. The molecule has 1 aliphatic heterocycles. The Bertz CT molecular complexity index is 1300. The minimum absolute atomic E-state index is 0.561. The number of nitrogens with one attached hydrogen (secondary N) is 1. The number of aromatic amines is 1. The maximum Gasteiger partial charge on any atom is 0.0653 e. The Morgan fingerprint density at radius 1 is 0.619 bits per heavy atom. The van der Waals surface area contributed by atoms with E-state index in [1.54, 1.807) is 0 Å². The lowest BCUT2D eigenvalue weighted by Crippen LogP contribution is -1.95. The van der Waals surface area contributed by atoms with Gasteiger partial charge in [0.2, 0.25) is 0 Å². The first-order valence-corrected chi connectivity index (χ1v) is 16.2. The van der Waals surface area contributed by atoms with E-state index in [4.69, 9.17) is 0 Å². The number of aliphatic imine (C=N–C) groups is 1. The predicted octanol–water partition coefficient (Wildman–Crippen LogP) is 11.9. The topological polar surface area (TPSA) is 41.0 Å². The third kappa shape index (κ3) is 9.82. The number of aromatic nitrogens is 2. The van der Waals surface area contributed by atoms with Crippen LogP contribution in [0.25, 0.3) is 17.0 Å². The van der Waals surface area contributed by atoms with Crippen molar-refractivity contribution in [1.82, 2.24) is 10.2 Å². The molecule has 3 nitrogen and oxygen atoms in total. The molecular formula is C39H57N3. The molecule has 6 rings (SSSR count). The van der Waals surface area contributed by atoms with Crippen molar-refractivity contribution in [1.29, 1.82) is 0 Å². The Balaban J connectivity index is 0.000000289. The van der Waals surface area contributed by atoms with Crippen LogP contribution in [0.4, 0.5) is 0 Å². The van der Waals surface area contributed by atoms with Crippen LogP contribution in [0.1, 0.15) is 140 Å². The first-order valence-electron chi connectivity index (χ1n) is 16.2. The van der Waals surface area contributed by atoms with E-state index in [1.165, 1.54) is 44.3 Å². The van der Waals surface area contributed by atoms with Crippen molar-refractivity contribution in [3.8, 4) is 0 Å². The number of hydrogen-bond donors (Lipinski definition) is 1. The average Bonchev–Trinajstić information content (AvgIpc) is 3.81. The van der Waals surface area contributed by atoms with Gasteiger partial charge in [0.1, 0.15) is 0 Å². The van der Waals surface area contributed by atoms with Crippen molar-refractivity contribution >= 4 is 23.2 Å². The van der Waals surface area contributed by atoms with Crippen LogP contribution in [0, 0.1) is 0 Å². The fourth-order valence-corrected chi connectivity index (χ4v) is 5.06. The number of nitrogens with zero attached hydrogens (tertiary/aromatic N) is 2. The molecular weight excluding hydrogens is 510 g/mol. The SMILES string of the molecule is CC.CC.CC.CC(C)c1cccc2[nH]ncc12.CC(C)c1cccc2c1CC=C2.CC(C)c1cccc2c1CN=C2. The highest BCUT2D eigenvalue weighted by Gasteiger charge is 2.13. The molecule has 0 bridgehead atoms. The van der Waals surface area contributed by atoms with Crippen LogP contribution >= 0.6 is 0 Å². The number of allylic oxidation sites excluding steroid dienone is 1. The van der Waals surface area contributed by atoms with E-state index in [0.29, 0.717) is 17.8 Å². The molecule has 0 saturated heterocycles. The van der Waals surface area contributed by atoms with Gasteiger partial charge in [0.15, 0.2) is 0 Å². The largest absolute Gasteiger partial charge is 0.288 e. The summed E-state index contributed by atoms with van der Waals surface area (Å²) >= 11 is 0. The summed E-state index contributed by atoms with van der Waals surface area (Å²) < 4.78 is 0. The van der Waals surface area contributed by atoms with Crippen LogP contribution in [0.5, 0.6) is 0 Å². The molecule has 2 aliphatic rings. The lowest BCUT2D eigenvalue weighted by molar-refractivity contribution is 0.844. The molecule has 0 saturated carbocycles. The molecule has 0 spiro atoms. The first kappa shape index (κ1) is 36.6. The molecule has 3 aromatic carbocycles. The van der Waals surface area contributed by atoms with Crippen molar-refractivity contribution in [2.75, 3.05) is 0 Å². The Morgan fingerprint density at radius 2 is 1.14 bits per heavy atom. The molecule has 2 heterocycles. The van der Waals surface area contributed by atoms with Gasteiger partial charge < -0.3 is 0 Å². The predicted molar refractivity (Wildman–Crippen MR) is 189 cm³/mol. The molecule has 1 aromatic heterocycles. The number of fused-ring (bicyclic) bond motifs is 3. The fourth-order valence-electron chi connectivity index (χ4n) is 5.06. The summed E-state index contributed by atoms with van der Waals surface area (Å²) in [7, 11) is 0. The van der Waals surface area contributed by atoms with Crippen LogP contribution in [0.3, 0.4) is 0 Å². The highest BCUT2D eigenvalue weighted by atomic mass is 15.1. The Hall–Kier alpha value is -3.46. The van der Waals surface area contributed by atoms with Gasteiger partial charge in [-0.1, -0.05) is 144 Å². The molecule has 1 aliphatic carbocycles. The monoisotopic (exact) mass is 567 g/mol. The minimum atomic E-state index is 0.561. The summed E-state index contributed by atoms with van der Waals surface area (Å²) in [6, 6.07) is 19.3. The quantitative estimate of drug-likeness (QED) is 0.263. The molecule has 0 atom stereocenters. The summed E-state index contributed by atoms with van der Waals surface area (Å²) in [6.45, 7) is 26.2. The molecule has 0 radical (unpaired) electrons. The van der Waals surface area contributed by atoms with Crippen LogP contribution in [0.2, 0.25) is 0 Å². The lowest BCUT2D eigenvalue weighted by atomic mass is 9.94. The second-order valence-electron chi connectivity index (χ2n) is 10.5. The summed E-state index contributed by atoms with van der Waals surface area (Å²) in [5, 5.41) is 8.23. The highest BCUT2D eigenvalue weighted by Crippen LogP contribution is 2.28. The zero-order chi connectivity index (χ0) is 31.7. The smallest absolute Gasteiger partial charge is 0.0653 e. The molecule has 0 unspecified atom stereocenters. The van der Waals surface area contributed by atoms with Gasteiger partial charge in [-0.25, -0.2) is 0 Å². The molecule has 3 heteroatoms. The number of hydrogen-bond acceptors (Lipinski definition) is 2. The highest BCUT2D eigenvalue weighted by molar-refractivity contribution is 5.85. The van der Waals surface area contributed by atoms with E-state index in [9.17, 15) is 0 Å². The van der Waals surface area contributed by atoms with Crippen LogP contribution in [-0.2, 0) is 13.0 Å². The van der Waals surface area contributed by atoms with E-state index >= 15 is 0 Å². The third-order valence-electron chi connectivity index (χ3n) is 6.98. The Morgan fingerprint density at radius 3 is 1.74 bits per heavy atom. The third-order valence-corrected chi connectivity index (χ3v) is 6.98. The zero-order valence-electron chi connectivity index (χ0n) is 28.5. The van der Waals surface area contributed by atoms with Crippen LogP contribution < -0.4 is 0 Å². The van der Waals surface area contributed by atoms with Gasteiger partial charge in [-0.05, 0) is 69.2 Å². The fraction of sp³-hybridized carbons (Fsp3) is 0.436. The Labute approximate surface area is 257 Å². The summed E-state index contributed by atoms with van der Waals surface area (Å²) in [4.78, 5) is 4.27. The lowest BCUT2D eigenvalue weighted by Gasteiger charge is -2.10. The van der Waals surface area contributed by atoms with Gasteiger partial charge >= 0.3 is 0 Å². The van der Waals surface area contributed by atoms with Crippen LogP contribution in [0.15, 0.2) is 71.9 Å². The maximum absolute atomic E-state index is 4.27. The van der Waals surface area contributed by atoms with E-state index < -0.39 is 0 Å².